The third-order valence-corrected chi connectivity index (χ3v) is 4.41. The molecule has 23 heavy (non-hydrogen) atoms. The summed E-state index contributed by atoms with van der Waals surface area (Å²) < 4.78 is 1.95. The van der Waals surface area contributed by atoms with Crippen LogP contribution in [0.25, 0.3) is 22.3 Å². The van der Waals surface area contributed by atoms with E-state index in [-0.39, 0.29) is 6.04 Å². The number of nitrogens with two attached hydrogens (primary N) is 1. The zero-order chi connectivity index (χ0) is 16.7. The van der Waals surface area contributed by atoms with Crippen LogP contribution < -0.4 is 5.73 Å². The van der Waals surface area contributed by atoms with Gasteiger partial charge in [-0.3, -0.25) is 9.67 Å². The largest absolute Gasteiger partial charge is 0.383 e. The van der Waals surface area contributed by atoms with E-state index in [1.165, 1.54) is 0 Å². The molecule has 0 atom stereocenters. The molecule has 0 radical (unpaired) electrons. The Balaban J connectivity index is 2.34. The molecule has 120 valence electrons. The summed E-state index contributed by atoms with van der Waals surface area (Å²) in [6, 6.07) is 8.14. The minimum absolute atomic E-state index is 0.218. The van der Waals surface area contributed by atoms with Crippen LogP contribution in [0.2, 0.25) is 5.02 Å². The molecule has 3 aromatic rings. The number of para-hydroxylation sites is 1. The standard InChI is InChI=1S/C17H20ClN5/c1-9(2)23-10(3)13(17(19)20-4)15(22-23)16-14(18)11-7-5-6-8-12(11)21-16/h5-9,21H,1-4H3,(H2,19,20). The number of fused-ring (bicyclic) bond motifs is 1. The second-order valence-electron chi connectivity index (χ2n) is 5.82. The van der Waals surface area contributed by atoms with Crippen LogP contribution in [-0.4, -0.2) is 27.6 Å². The van der Waals surface area contributed by atoms with Gasteiger partial charge in [-0.25, -0.2) is 0 Å². The normalized spacial score (nSPS) is 12.5. The first kappa shape index (κ1) is 15.6. The van der Waals surface area contributed by atoms with Crippen molar-refractivity contribution >= 4 is 28.3 Å². The van der Waals surface area contributed by atoms with Crippen molar-refractivity contribution in [2.75, 3.05) is 7.05 Å². The van der Waals surface area contributed by atoms with Gasteiger partial charge >= 0.3 is 0 Å². The Hall–Kier alpha value is -2.27. The van der Waals surface area contributed by atoms with E-state index in [4.69, 9.17) is 22.4 Å². The molecule has 0 aliphatic heterocycles. The summed E-state index contributed by atoms with van der Waals surface area (Å²) in [5.41, 5.74) is 10.4. The van der Waals surface area contributed by atoms with Crippen molar-refractivity contribution in [3.05, 3.63) is 40.5 Å². The molecule has 0 spiro atoms. The van der Waals surface area contributed by atoms with E-state index in [9.17, 15) is 0 Å². The van der Waals surface area contributed by atoms with Crippen LogP contribution in [0.4, 0.5) is 0 Å². The molecule has 0 amide bonds. The summed E-state index contributed by atoms with van der Waals surface area (Å²) in [5, 5.41) is 6.37. The zero-order valence-electron chi connectivity index (χ0n) is 13.7. The number of hydrogen-bond donors (Lipinski definition) is 2. The van der Waals surface area contributed by atoms with Crippen molar-refractivity contribution in [2.24, 2.45) is 10.7 Å². The summed E-state index contributed by atoms with van der Waals surface area (Å²) in [6.07, 6.45) is 0. The molecule has 3 rings (SSSR count). The van der Waals surface area contributed by atoms with Crippen LogP contribution in [0, 0.1) is 6.92 Å². The maximum atomic E-state index is 6.59. The van der Waals surface area contributed by atoms with Crippen LogP contribution >= 0.6 is 11.6 Å². The lowest BCUT2D eigenvalue weighted by molar-refractivity contribution is 0.520. The van der Waals surface area contributed by atoms with Crippen LogP contribution in [0.1, 0.15) is 31.1 Å². The number of hydrogen-bond acceptors (Lipinski definition) is 2. The van der Waals surface area contributed by atoms with Gasteiger partial charge in [0.25, 0.3) is 0 Å². The summed E-state index contributed by atoms with van der Waals surface area (Å²) in [6.45, 7) is 6.17. The number of aromatic nitrogens is 3. The smallest absolute Gasteiger partial charge is 0.129 e. The van der Waals surface area contributed by atoms with E-state index in [1.54, 1.807) is 7.05 Å². The third-order valence-electron chi connectivity index (χ3n) is 4.02. The molecule has 0 unspecified atom stereocenters. The van der Waals surface area contributed by atoms with Gasteiger partial charge in [0.15, 0.2) is 0 Å². The van der Waals surface area contributed by atoms with Crippen LogP contribution in [0.3, 0.4) is 0 Å². The van der Waals surface area contributed by atoms with Gasteiger partial charge in [-0.05, 0) is 26.8 Å². The molecule has 3 N–H and O–H groups in total. The Morgan fingerprint density at radius 3 is 2.65 bits per heavy atom. The predicted molar refractivity (Wildman–Crippen MR) is 96.3 cm³/mol. The van der Waals surface area contributed by atoms with Crippen molar-refractivity contribution < 1.29 is 0 Å². The number of H-pyrrole nitrogens is 1. The van der Waals surface area contributed by atoms with Gasteiger partial charge in [0.1, 0.15) is 11.5 Å². The highest BCUT2D eigenvalue weighted by molar-refractivity contribution is 6.38. The molecular formula is C17H20ClN5. The van der Waals surface area contributed by atoms with Crippen LogP contribution in [-0.2, 0) is 0 Å². The highest BCUT2D eigenvalue weighted by atomic mass is 35.5. The highest BCUT2D eigenvalue weighted by Gasteiger charge is 2.24. The summed E-state index contributed by atoms with van der Waals surface area (Å²) in [7, 11) is 1.68. The molecular weight excluding hydrogens is 310 g/mol. The molecule has 0 aliphatic rings. The Bertz CT molecular complexity index is 901. The second-order valence-corrected chi connectivity index (χ2v) is 6.19. The first-order chi connectivity index (χ1) is 11.0. The maximum absolute atomic E-state index is 6.59. The molecule has 2 heterocycles. The van der Waals surface area contributed by atoms with Gasteiger partial charge in [0, 0.05) is 29.7 Å². The number of nitrogens with zero attached hydrogens (tertiary/aromatic N) is 3. The van der Waals surface area contributed by atoms with Gasteiger partial charge in [-0.15, -0.1) is 0 Å². The van der Waals surface area contributed by atoms with E-state index in [0.717, 1.165) is 33.5 Å². The third kappa shape index (κ3) is 2.41. The van der Waals surface area contributed by atoms with Gasteiger partial charge in [-0.2, -0.15) is 5.10 Å². The lowest BCUT2D eigenvalue weighted by Crippen LogP contribution is -2.15. The first-order valence-corrected chi connectivity index (χ1v) is 7.91. The molecule has 2 aromatic heterocycles. The van der Waals surface area contributed by atoms with E-state index < -0.39 is 0 Å². The molecule has 1 aromatic carbocycles. The van der Waals surface area contributed by atoms with Crippen molar-refractivity contribution in [2.45, 2.75) is 26.8 Å². The highest BCUT2D eigenvalue weighted by Crippen LogP contribution is 2.36. The SMILES string of the molecule is C/N=C(/N)c1c(-c2[nH]c3ccccc3c2Cl)nn(C(C)C)c1C. The molecule has 0 saturated carbocycles. The Morgan fingerprint density at radius 1 is 1.35 bits per heavy atom. The summed E-state index contributed by atoms with van der Waals surface area (Å²) in [4.78, 5) is 7.51. The molecule has 0 saturated heterocycles. The van der Waals surface area contributed by atoms with Crippen LogP contribution in [0.5, 0.6) is 0 Å². The number of aliphatic imine (C=N–C) groups is 1. The Labute approximate surface area is 140 Å². The molecule has 0 bridgehead atoms. The fraction of sp³-hybridized carbons (Fsp3) is 0.294. The number of aromatic amines is 1. The molecule has 6 heteroatoms. The van der Waals surface area contributed by atoms with Gasteiger partial charge in [0.05, 0.1) is 16.3 Å². The summed E-state index contributed by atoms with van der Waals surface area (Å²) >= 11 is 6.59. The fourth-order valence-electron chi connectivity index (χ4n) is 2.89. The van der Waals surface area contributed by atoms with Crippen LogP contribution in [0.15, 0.2) is 29.3 Å². The van der Waals surface area contributed by atoms with Gasteiger partial charge in [-0.1, -0.05) is 29.8 Å². The van der Waals surface area contributed by atoms with Gasteiger partial charge < -0.3 is 10.7 Å². The number of amidine groups is 1. The number of rotatable bonds is 3. The quantitative estimate of drug-likeness (QED) is 0.565. The lowest BCUT2D eigenvalue weighted by atomic mass is 10.1. The zero-order valence-corrected chi connectivity index (χ0v) is 14.4. The predicted octanol–water partition coefficient (Wildman–Crippen LogP) is 3.91. The molecule has 0 fully saturated rings. The van der Waals surface area contributed by atoms with Crippen molar-refractivity contribution in [3.8, 4) is 11.4 Å². The van der Waals surface area contributed by atoms with Crippen molar-refractivity contribution in [1.29, 1.82) is 0 Å². The Kier molecular flexibility index (Phi) is 3.90. The topological polar surface area (TPSA) is 72.0 Å². The maximum Gasteiger partial charge on any atom is 0.129 e. The van der Waals surface area contributed by atoms with E-state index >= 15 is 0 Å². The average molecular weight is 330 g/mol. The molecule has 5 nitrogen and oxygen atoms in total. The lowest BCUT2D eigenvalue weighted by Gasteiger charge is -2.08. The summed E-state index contributed by atoms with van der Waals surface area (Å²) in [5.74, 6) is 0.458. The monoisotopic (exact) mass is 329 g/mol. The number of benzene rings is 1. The van der Waals surface area contributed by atoms with E-state index in [1.807, 2.05) is 35.9 Å². The van der Waals surface area contributed by atoms with Gasteiger partial charge in [0.2, 0.25) is 0 Å². The average Bonchev–Trinajstić information content (AvgIpc) is 3.05. The van der Waals surface area contributed by atoms with E-state index in [0.29, 0.717) is 10.9 Å². The number of nitrogens with one attached hydrogen (secondary N) is 1. The minimum atomic E-state index is 0.218. The van der Waals surface area contributed by atoms with Crippen molar-refractivity contribution in [1.82, 2.24) is 14.8 Å². The number of halogens is 1. The molecule has 0 aliphatic carbocycles. The fourth-order valence-corrected chi connectivity index (χ4v) is 3.19. The van der Waals surface area contributed by atoms with E-state index in [2.05, 4.69) is 23.8 Å². The second kappa shape index (κ2) is 5.74. The first-order valence-electron chi connectivity index (χ1n) is 7.54. The Morgan fingerprint density at radius 2 is 2.04 bits per heavy atom. The minimum Gasteiger partial charge on any atom is -0.383 e. The van der Waals surface area contributed by atoms with Crippen molar-refractivity contribution in [3.63, 3.8) is 0 Å².